The Balaban J connectivity index is 2.30. The minimum Gasteiger partial charge on any atom is -0.480 e. The van der Waals surface area contributed by atoms with E-state index >= 15 is 0 Å². The third-order valence-corrected chi connectivity index (χ3v) is 2.77. The summed E-state index contributed by atoms with van der Waals surface area (Å²) >= 11 is 0. The lowest BCUT2D eigenvalue weighted by Gasteiger charge is -2.28. The van der Waals surface area contributed by atoms with Crippen LogP contribution >= 0.6 is 0 Å². The Morgan fingerprint density at radius 3 is 2.62 bits per heavy atom. The Bertz CT molecular complexity index is 269. The second kappa shape index (κ2) is 2.58. The molecule has 0 aromatic carbocycles. The summed E-state index contributed by atoms with van der Waals surface area (Å²) in [6, 6.07) is -0.615. The zero-order chi connectivity index (χ0) is 9.59. The molecule has 0 aromatic heterocycles. The molecule has 0 aromatic rings. The molecule has 4 heteroatoms. The first-order valence-corrected chi connectivity index (χ1v) is 4.31. The molecule has 1 aliphatic heterocycles. The van der Waals surface area contributed by atoms with E-state index < -0.39 is 12.0 Å². The van der Waals surface area contributed by atoms with E-state index in [1.54, 1.807) is 0 Å². The molecule has 0 radical (unpaired) electrons. The Hall–Kier alpha value is -1.32. The Labute approximate surface area is 75.8 Å². The Morgan fingerprint density at radius 1 is 1.46 bits per heavy atom. The van der Waals surface area contributed by atoms with Gasteiger partial charge in [0, 0.05) is 12.8 Å². The molecule has 1 heterocycles. The smallest absolute Gasteiger partial charge is 0.327 e. The summed E-state index contributed by atoms with van der Waals surface area (Å²) in [5, 5.41) is 8.93. The molecule has 2 bridgehead atoms. The standard InChI is InChI=1S/C9H11NO3/c1-5(11)10-7-3-2-6(4-7)8(10)9(12)13/h2-3,6-8H,4H2,1H3,(H,12,13). The SMILES string of the molecule is CC(=O)N1C2C=CC(C2)C1C(=O)O. The molecular formula is C9H11NO3. The molecule has 2 aliphatic rings. The van der Waals surface area contributed by atoms with Crippen molar-refractivity contribution < 1.29 is 14.7 Å². The summed E-state index contributed by atoms with van der Waals surface area (Å²) in [4.78, 5) is 23.5. The van der Waals surface area contributed by atoms with Gasteiger partial charge in [0.1, 0.15) is 6.04 Å². The maximum absolute atomic E-state index is 11.2. The molecule has 3 atom stereocenters. The minimum atomic E-state index is -0.896. The van der Waals surface area contributed by atoms with E-state index in [-0.39, 0.29) is 17.9 Å². The van der Waals surface area contributed by atoms with E-state index in [0.29, 0.717) is 0 Å². The predicted octanol–water partition coefficient (Wildman–Crippen LogP) is 0.246. The maximum Gasteiger partial charge on any atom is 0.327 e. The van der Waals surface area contributed by atoms with Gasteiger partial charge >= 0.3 is 5.97 Å². The van der Waals surface area contributed by atoms with Crippen LogP contribution in [0.15, 0.2) is 12.2 Å². The molecule has 1 amide bonds. The van der Waals surface area contributed by atoms with Crippen LogP contribution in [0.5, 0.6) is 0 Å². The molecule has 1 aliphatic carbocycles. The van der Waals surface area contributed by atoms with Gasteiger partial charge in [-0.25, -0.2) is 4.79 Å². The van der Waals surface area contributed by atoms with Crippen molar-refractivity contribution in [3.63, 3.8) is 0 Å². The molecule has 70 valence electrons. The number of nitrogens with zero attached hydrogens (tertiary/aromatic N) is 1. The molecule has 3 unspecified atom stereocenters. The van der Waals surface area contributed by atoms with Crippen LogP contribution in [-0.4, -0.2) is 34.0 Å². The molecular weight excluding hydrogens is 170 g/mol. The Kier molecular flexibility index (Phi) is 1.65. The normalized spacial score (nSPS) is 35.5. The highest BCUT2D eigenvalue weighted by Gasteiger charge is 2.47. The summed E-state index contributed by atoms with van der Waals surface area (Å²) in [6.07, 6.45) is 4.60. The van der Waals surface area contributed by atoms with Crippen molar-refractivity contribution >= 4 is 11.9 Å². The average molecular weight is 181 g/mol. The molecule has 2 rings (SSSR count). The van der Waals surface area contributed by atoms with Gasteiger partial charge in [-0.15, -0.1) is 0 Å². The lowest BCUT2D eigenvalue weighted by atomic mass is 10.0. The number of likely N-dealkylation sites (tertiary alicyclic amines) is 1. The molecule has 1 fully saturated rings. The second-order valence-electron chi connectivity index (χ2n) is 3.56. The van der Waals surface area contributed by atoms with Crippen LogP contribution < -0.4 is 0 Å². The average Bonchev–Trinajstić information content (AvgIpc) is 2.60. The number of fused-ring (bicyclic) bond motifs is 2. The van der Waals surface area contributed by atoms with Crippen molar-refractivity contribution in [1.29, 1.82) is 0 Å². The van der Waals surface area contributed by atoms with Gasteiger partial charge in [-0.1, -0.05) is 12.2 Å². The highest BCUT2D eigenvalue weighted by atomic mass is 16.4. The topological polar surface area (TPSA) is 57.6 Å². The maximum atomic E-state index is 11.2. The largest absolute Gasteiger partial charge is 0.480 e. The van der Waals surface area contributed by atoms with E-state index in [1.165, 1.54) is 11.8 Å². The fraction of sp³-hybridized carbons (Fsp3) is 0.556. The van der Waals surface area contributed by atoms with E-state index in [2.05, 4.69) is 0 Å². The number of carboxylic acids is 1. The van der Waals surface area contributed by atoms with Gasteiger partial charge in [0.25, 0.3) is 0 Å². The highest BCUT2D eigenvalue weighted by Crippen LogP contribution is 2.37. The van der Waals surface area contributed by atoms with Crippen LogP contribution in [0.25, 0.3) is 0 Å². The summed E-state index contributed by atoms with van der Waals surface area (Å²) in [7, 11) is 0. The zero-order valence-electron chi connectivity index (χ0n) is 7.30. The highest BCUT2D eigenvalue weighted by molar-refractivity contribution is 5.84. The van der Waals surface area contributed by atoms with Crippen molar-refractivity contribution in [2.45, 2.75) is 25.4 Å². The molecule has 4 nitrogen and oxygen atoms in total. The third kappa shape index (κ3) is 1.05. The van der Waals surface area contributed by atoms with Gasteiger partial charge in [0.15, 0.2) is 0 Å². The van der Waals surface area contributed by atoms with Crippen LogP contribution in [0.3, 0.4) is 0 Å². The number of carbonyl (C=O) groups is 2. The number of amides is 1. The number of rotatable bonds is 1. The Morgan fingerprint density at radius 2 is 2.15 bits per heavy atom. The van der Waals surface area contributed by atoms with Crippen LogP contribution in [0.1, 0.15) is 13.3 Å². The first-order chi connectivity index (χ1) is 6.11. The molecule has 1 saturated heterocycles. The van der Waals surface area contributed by atoms with Crippen molar-refractivity contribution in [2.75, 3.05) is 0 Å². The summed E-state index contributed by atoms with van der Waals surface area (Å²) in [5.41, 5.74) is 0. The van der Waals surface area contributed by atoms with E-state index in [0.717, 1.165) is 6.42 Å². The number of carboxylic acid groups (broad SMARTS) is 1. The van der Waals surface area contributed by atoms with Gasteiger partial charge in [0.2, 0.25) is 5.91 Å². The van der Waals surface area contributed by atoms with Crippen LogP contribution in [0.2, 0.25) is 0 Å². The lowest BCUT2D eigenvalue weighted by molar-refractivity contribution is -0.149. The molecule has 13 heavy (non-hydrogen) atoms. The number of hydrogen-bond acceptors (Lipinski definition) is 2. The van der Waals surface area contributed by atoms with Crippen molar-refractivity contribution in [2.24, 2.45) is 5.92 Å². The lowest BCUT2D eigenvalue weighted by Crippen LogP contribution is -2.46. The number of carbonyl (C=O) groups excluding carboxylic acids is 1. The van der Waals surface area contributed by atoms with Gasteiger partial charge in [-0.05, 0) is 6.42 Å². The van der Waals surface area contributed by atoms with Gasteiger partial charge < -0.3 is 10.0 Å². The van der Waals surface area contributed by atoms with Crippen molar-refractivity contribution in [3.05, 3.63) is 12.2 Å². The third-order valence-electron chi connectivity index (χ3n) is 2.77. The molecule has 0 spiro atoms. The van der Waals surface area contributed by atoms with E-state index in [1.807, 2.05) is 12.2 Å². The number of aliphatic carboxylic acids is 1. The summed E-state index contributed by atoms with van der Waals surface area (Å²) in [6.45, 7) is 1.42. The van der Waals surface area contributed by atoms with Gasteiger partial charge in [-0.3, -0.25) is 4.79 Å². The van der Waals surface area contributed by atoms with Crippen LogP contribution in [0, 0.1) is 5.92 Å². The monoisotopic (exact) mass is 181 g/mol. The predicted molar refractivity (Wildman–Crippen MR) is 45.0 cm³/mol. The van der Waals surface area contributed by atoms with Crippen molar-refractivity contribution in [3.8, 4) is 0 Å². The first-order valence-electron chi connectivity index (χ1n) is 4.31. The first kappa shape index (κ1) is 8.29. The van der Waals surface area contributed by atoms with Gasteiger partial charge in [-0.2, -0.15) is 0 Å². The van der Waals surface area contributed by atoms with E-state index in [4.69, 9.17) is 5.11 Å². The zero-order valence-corrected chi connectivity index (χ0v) is 7.30. The second-order valence-corrected chi connectivity index (χ2v) is 3.56. The fourth-order valence-electron chi connectivity index (χ4n) is 2.29. The quantitative estimate of drug-likeness (QED) is 0.590. The molecule has 1 N–H and O–H groups in total. The number of hydrogen-bond donors (Lipinski definition) is 1. The molecule has 0 saturated carbocycles. The van der Waals surface area contributed by atoms with Crippen molar-refractivity contribution in [1.82, 2.24) is 4.90 Å². The van der Waals surface area contributed by atoms with Crippen LogP contribution in [0.4, 0.5) is 0 Å². The minimum absolute atomic E-state index is 0.0172. The summed E-state index contributed by atoms with van der Waals surface area (Å²) < 4.78 is 0. The van der Waals surface area contributed by atoms with Crippen LogP contribution in [-0.2, 0) is 9.59 Å². The summed E-state index contributed by atoms with van der Waals surface area (Å²) in [5.74, 6) is -1.03. The van der Waals surface area contributed by atoms with E-state index in [9.17, 15) is 9.59 Å². The van der Waals surface area contributed by atoms with Gasteiger partial charge in [0.05, 0.1) is 6.04 Å². The fourth-order valence-corrected chi connectivity index (χ4v) is 2.29.